The van der Waals surface area contributed by atoms with E-state index in [1.165, 1.54) is 15.9 Å². The molecule has 3 aromatic rings. The van der Waals surface area contributed by atoms with Crippen LogP contribution in [0.4, 0.5) is 0 Å². The monoisotopic (exact) mass is 490 g/mol. The number of nitrogens with zero attached hydrogens (tertiary/aromatic N) is 2. The van der Waals surface area contributed by atoms with Crippen molar-refractivity contribution in [1.29, 1.82) is 5.26 Å². The predicted molar refractivity (Wildman–Crippen MR) is 139 cm³/mol. The maximum atomic E-state index is 13.2. The number of benzene rings is 2. The van der Waals surface area contributed by atoms with Gasteiger partial charge in [0, 0.05) is 25.7 Å². The lowest BCUT2D eigenvalue weighted by Crippen LogP contribution is -2.34. The average Bonchev–Trinajstić information content (AvgIpc) is 3.14. The molecule has 0 N–H and O–H groups in total. The first-order chi connectivity index (χ1) is 16.7. The molecule has 2 aromatic carbocycles. The van der Waals surface area contributed by atoms with E-state index in [0.29, 0.717) is 35.4 Å². The molecule has 6 nitrogen and oxygen atoms in total. The Kier molecular flexibility index (Phi) is 8.80. The van der Waals surface area contributed by atoms with E-state index < -0.39 is 5.41 Å². The Labute approximate surface area is 209 Å². The molecule has 0 amide bonds. The van der Waals surface area contributed by atoms with Gasteiger partial charge < -0.3 is 9.47 Å². The van der Waals surface area contributed by atoms with Gasteiger partial charge in [-0.3, -0.25) is 14.2 Å². The first-order valence-corrected chi connectivity index (χ1v) is 12.2. The Balaban J connectivity index is 1.98. The number of carbonyl (C=O) groups is 1. The highest BCUT2D eigenvalue weighted by atomic mass is 32.1. The first-order valence-electron chi connectivity index (χ1n) is 11.4. The third-order valence-corrected chi connectivity index (χ3v) is 6.43. The summed E-state index contributed by atoms with van der Waals surface area (Å²) in [7, 11) is 1.60. The van der Waals surface area contributed by atoms with Crippen LogP contribution < -0.4 is 19.5 Å². The summed E-state index contributed by atoms with van der Waals surface area (Å²) in [5, 5.41) is 9.80. The fourth-order valence-corrected chi connectivity index (χ4v) is 4.52. The lowest BCUT2D eigenvalue weighted by atomic mass is 9.87. The number of hydrogen-bond donors (Lipinski definition) is 0. The molecular weight excluding hydrogens is 460 g/mol. The maximum absolute atomic E-state index is 13.2. The van der Waals surface area contributed by atoms with E-state index in [0.717, 1.165) is 16.9 Å². The Hall–Kier alpha value is -3.47. The largest absolute Gasteiger partial charge is 0.489 e. The normalized spacial score (nSPS) is 12.8. The van der Waals surface area contributed by atoms with Crippen LogP contribution in [0.5, 0.6) is 5.75 Å². The Morgan fingerprint density at radius 1 is 1.11 bits per heavy atom. The average molecular weight is 491 g/mol. The molecule has 0 aliphatic heterocycles. The van der Waals surface area contributed by atoms with Gasteiger partial charge in [0.15, 0.2) is 5.78 Å². The van der Waals surface area contributed by atoms with Gasteiger partial charge >= 0.3 is 0 Å². The van der Waals surface area contributed by atoms with Gasteiger partial charge in [-0.2, -0.15) is 5.26 Å². The van der Waals surface area contributed by atoms with Gasteiger partial charge in [-0.25, -0.2) is 0 Å². The highest BCUT2D eigenvalue weighted by Crippen LogP contribution is 2.20. The van der Waals surface area contributed by atoms with Crippen LogP contribution in [0, 0.1) is 16.7 Å². The number of ether oxygens (including phenoxy) is 2. The standard InChI is InChI=1S/C28H30N2O4S/c1-28(2,3)25(31)23(18-29)27-30(15-8-16-33-4)26(32)24(35-27)17-20-11-13-22(14-12-20)34-19-21-9-6-5-7-10-21/h5-7,9-14,17H,8,15-16,19H2,1-4H3/b24-17-,27-23-. The van der Waals surface area contributed by atoms with Crippen LogP contribution in [0.2, 0.25) is 0 Å². The Morgan fingerprint density at radius 3 is 2.40 bits per heavy atom. The van der Waals surface area contributed by atoms with E-state index in [9.17, 15) is 14.9 Å². The quantitative estimate of drug-likeness (QED) is 0.428. The molecule has 0 aliphatic carbocycles. The fourth-order valence-electron chi connectivity index (χ4n) is 3.40. The minimum Gasteiger partial charge on any atom is -0.489 e. The summed E-state index contributed by atoms with van der Waals surface area (Å²) < 4.78 is 13.3. The maximum Gasteiger partial charge on any atom is 0.269 e. The van der Waals surface area contributed by atoms with Gasteiger partial charge in [-0.05, 0) is 35.8 Å². The van der Waals surface area contributed by atoms with E-state index in [-0.39, 0.29) is 16.9 Å². The third kappa shape index (κ3) is 6.78. The summed E-state index contributed by atoms with van der Waals surface area (Å²) in [5.74, 6) is 0.443. The molecule has 0 spiro atoms. The van der Waals surface area contributed by atoms with Crippen LogP contribution in [0.15, 0.2) is 59.4 Å². The van der Waals surface area contributed by atoms with Crippen molar-refractivity contribution < 1.29 is 14.3 Å². The van der Waals surface area contributed by atoms with Crippen LogP contribution in [-0.2, 0) is 22.7 Å². The number of nitriles is 1. The van der Waals surface area contributed by atoms with E-state index in [1.807, 2.05) is 54.6 Å². The second-order valence-corrected chi connectivity index (χ2v) is 10.2. The number of hydrogen-bond acceptors (Lipinski definition) is 6. The number of Topliss-reactive ketones (excluding diaryl/α,β-unsaturated/α-hetero) is 1. The van der Waals surface area contributed by atoms with Gasteiger partial charge in [0.1, 0.15) is 28.7 Å². The number of aromatic nitrogens is 1. The summed E-state index contributed by atoms with van der Waals surface area (Å²) in [6.07, 6.45) is 2.37. The highest BCUT2D eigenvalue weighted by molar-refractivity contribution is 7.07. The van der Waals surface area contributed by atoms with Crippen LogP contribution in [0.25, 0.3) is 11.6 Å². The predicted octanol–water partition coefficient (Wildman–Crippen LogP) is 3.64. The van der Waals surface area contributed by atoms with Crippen molar-refractivity contribution in [2.45, 2.75) is 40.3 Å². The van der Waals surface area contributed by atoms with Crippen LogP contribution in [0.3, 0.4) is 0 Å². The van der Waals surface area contributed by atoms with Gasteiger partial charge in [-0.1, -0.05) is 63.2 Å². The number of rotatable bonds is 9. The summed E-state index contributed by atoms with van der Waals surface area (Å²) in [6.45, 7) is 6.60. The zero-order valence-electron chi connectivity index (χ0n) is 20.5. The van der Waals surface area contributed by atoms with Crippen molar-refractivity contribution in [3.05, 3.63) is 85.3 Å². The first kappa shape index (κ1) is 26.1. The second-order valence-electron chi connectivity index (χ2n) is 9.13. The van der Waals surface area contributed by atoms with Crippen molar-refractivity contribution in [2.75, 3.05) is 13.7 Å². The molecule has 1 heterocycles. The molecule has 1 aromatic heterocycles. The van der Waals surface area contributed by atoms with Crippen LogP contribution >= 0.6 is 11.3 Å². The SMILES string of the molecule is COCCCn1c(=O)/c(=C/c2ccc(OCc3ccccc3)cc2)s/c1=C(/C#N)C(=O)C(C)(C)C. The topological polar surface area (TPSA) is 81.3 Å². The molecule has 0 radical (unpaired) electrons. The molecule has 0 saturated heterocycles. The molecule has 0 unspecified atom stereocenters. The molecule has 182 valence electrons. The molecule has 3 rings (SSSR count). The molecule has 0 bridgehead atoms. The van der Waals surface area contributed by atoms with Crippen molar-refractivity contribution >= 4 is 28.8 Å². The van der Waals surface area contributed by atoms with Gasteiger partial charge in [0.05, 0.1) is 4.53 Å². The molecular formula is C28H30N2O4S. The number of carbonyl (C=O) groups excluding carboxylic acids is 1. The summed E-state index contributed by atoms with van der Waals surface area (Å²) in [5.41, 5.74) is 0.965. The molecule has 7 heteroatoms. The number of methoxy groups -OCH3 is 1. The number of ketones is 1. The van der Waals surface area contributed by atoms with Crippen LogP contribution in [-0.4, -0.2) is 24.1 Å². The van der Waals surface area contributed by atoms with Crippen molar-refractivity contribution in [3.8, 4) is 11.8 Å². The summed E-state index contributed by atoms with van der Waals surface area (Å²) in [4.78, 5) is 26.2. The highest BCUT2D eigenvalue weighted by Gasteiger charge is 2.27. The zero-order valence-corrected chi connectivity index (χ0v) is 21.4. The molecule has 35 heavy (non-hydrogen) atoms. The Bertz CT molecular complexity index is 1370. The third-order valence-electron chi connectivity index (χ3n) is 5.30. The zero-order chi connectivity index (χ0) is 25.4. The van der Waals surface area contributed by atoms with E-state index in [4.69, 9.17) is 9.47 Å². The molecule has 0 aliphatic rings. The molecule has 0 atom stereocenters. The lowest BCUT2D eigenvalue weighted by molar-refractivity contribution is -0.120. The molecule has 0 fully saturated rings. The van der Waals surface area contributed by atoms with Crippen LogP contribution in [0.1, 0.15) is 38.3 Å². The van der Waals surface area contributed by atoms with Gasteiger partial charge in [-0.15, -0.1) is 11.3 Å². The second kappa shape index (κ2) is 11.8. The van der Waals surface area contributed by atoms with Gasteiger partial charge in [0.25, 0.3) is 5.56 Å². The van der Waals surface area contributed by atoms with Crippen molar-refractivity contribution in [2.24, 2.45) is 5.41 Å². The minimum absolute atomic E-state index is 0.0151. The number of thiazole rings is 1. The summed E-state index contributed by atoms with van der Waals surface area (Å²) in [6, 6.07) is 19.4. The van der Waals surface area contributed by atoms with Crippen molar-refractivity contribution in [3.63, 3.8) is 0 Å². The minimum atomic E-state index is -0.734. The molecule has 0 saturated carbocycles. The smallest absolute Gasteiger partial charge is 0.269 e. The van der Waals surface area contributed by atoms with E-state index in [1.54, 1.807) is 34.0 Å². The Morgan fingerprint density at radius 2 is 1.80 bits per heavy atom. The van der Waals surface area contributed by atoms with Crippen molar-refractivity contribution in [1.82, 2.24) is 4.57 Å². The van der Waals surface area contributed by atoms with E-state index >= 15 is 0 Å². The lowest BCUT2D eigenvalue weighted by Gasteiger charge is -2.15. The summed E-state index contributed by atoms with van der Waals surface area (Å²) >= 11 is 1.17. The van der Waals surface area contributed by atoms with E-state index in [2.05, 4.69) is 6.07 Å². The fraction of sp³-hybridized carbons (Fsp3) is 0.321. The van der Waals surface area contributed by atoms with Gasteiger partial charge in [0.2, 0.25) is 0 Å².